The van der Waals surface area contributed by atoms with Crippen molar-refractivity contribution in [1.82, 2.24) is 14.5 Å². The van der Waals surface area contributed by atoms with E-state index in [2.05, 4.69) is 4.98 Å². The summed E-state index contributed by atoms with van der Waals surface area (Å²) in [4.78, 5) is 29.4. The molecule has 0 bridgehead atoms. The average Bonchev–Trinajstić information content (AvgIpc) is 3.21. The molecule has 1 saturated heterocycles. The minimum Gasteiger partial charge on any atom is -0.481 e. The Bertz CT molecular complexity index is 692. The lowest BCUT2D eigenvalue weighted by atomic mass is 9.98. The Kier molecular flexibility index (Phi) is 4.18. The molecule has 2 aromatic heterocycles. The summed E-state index contributed by atoms with van der Waals surface area (Å²) in [5.41, 5.74) is 0. The fourth-order valence-electron chi connectivity index (χ4n) is 3.08. The number of aryl methyl sites for hydroxylation is 2. The van der Waals surface area contributed by atoms with E-state index in [4.69, 9.17) is 4.42 Å². The Morgan fingerprint density at radius 3 is 2.87 bits per heavy atom. The van der Waals surface area contributed by atoms with E-state index < -0.39 is 17.9 Å². The molecule has 1 aliphatic heterocycles. The molecular weight excluding hydrogens is 298 g/mol. The number of furan rings is 1. The predicted octanol–water partition coefficient (Wildman–Crippen LogP) is 1.85. The molecule has 3 rings (SSSR count). The third-order valence-electron chi connectivity index (χ3n) is 4.18. The quantitative estimate of drug-likeness (QED) is 0.878. The van der Waals surface area contributed by atoms with Gasteiger partial charge < -0.3 is 19.0 Å². The maximum Gasteiger partial charge on any atom is 0.309 e. The number of hydrogen-bond donors (Lipinski definition) is 1. The number of carboxylic acid groups (broad SMARTS) is 1. The zero-order valence-electron chi connectivity index (χ0n) is 12.9. The fraction of sp³-hybridized carbons (Fsp3) is 0.438. The Morgan fingerprint density at radius 2 is 2.26 bits per heavy atom. The molecule has 1 aliphatic rings. The summed E-state index contributed by atoms with van der Waals surface area (Å²) < 4.78 is 7.54. The summed E-state index contributed by atoms with van der Waals surface area (Å²) >= 11 is 0. The van der Waals surface area contributed by atoms with Gasteiger partial charge in [0.1, 0.15) is 17.6 Å². The standard InChI is InChI=1S/C16H19N3O4/c1-11-3-4-13(23-11)15-12(16(21)22)9-14(20)19(15)7-2-6-18-8-5-17-10-18/h3-5,8,10,12,15H,2,6-7,9H2,1H3,(H,21,22)/t12-,15-/m1/s1. The molecule has 1 N–H and O–H groups in total. The van der Waals surface area contributed by atoms with E-state index in [-0.39, 0.29) is 12.3 Å². The predicted molar refractivity (Wildman–Crippen MR) is 80.5 cm³/mol. The van der Waals surface area contributed by atoms with Crippen molar-refractivity contribution in [3.8, 4) is 0 Å². The molecule has 23 heavy (non-hydrogen) atoms. The highest BCUT2D eigenvalue weighted by molar-refractivity contribution is 5.87. The number of hydrogen-bond acceptors (Lipinski definition) is 4. The summed E-state index contributed by atoms with van der Waals surface area (Å²) in [6.45, 7) is 3.02. The van der Waals surface area contributed by atoms with E-state index in [1.165, 1.54) is 0 Å². The van der Waals surface area contributed by atoms with E-state index in [1.807, 2.05) is 10.8 Å². The van der Waals surface area contributed by atoms with Crippen molar-refractivity contribution in [3.05, 3.63) is 42.4 Å². The van der Waals surface area contributed by atoms with Gasteiger partial charge in [-0.05, 0) is 25.5 Å². The highest BCUT2D eigenvalue weighted by atomic mass is 16.4. The number of imidazole rings is 1. The second kappa shape index (κ2) is 6.28. The van der Waals surface area contributed by atoms with Gasteiger partial charge in [-0.15, -0.1) is 0 Å². The summed E-state index contributed by atoms with van der Waals surface area (Å²) in [7, 11) is 0. The molecule has 1 amide bonds. The van der Waals surface area contributed by atoms with Gasteiger partial charge in [-0.2, -0.15) is 0 Å². The minimum absolute atomic E-state index is 0.0187. The van der Waals surface area contributed by atoms with Crippen LogP contribution in [-0.4, -0.2) is 38.0 Å². The number of likely N-dealkylation sites (tertiary alicyclic amines) is 1. The summed E-state index contributed by atoms with van der Waals surface area (Å²) in [5.74, 6) is -0.608. The molecule has 1 fully saturated rings. The Hall–Kier alpha value is -2.57. The van der Waals surface area contributed by atoms with Gasteiger partial charge in [0.15, 0.2) is 0 Å². The molecule has 0 saturated carbocycles. The number of carbonyl (C=O) groups excluding carboxylic acids is 1. The second-order valence-corrected chi connectivity index (χ2v) is 5.78. The van der Waals surface area contributed by atoms with E-state index in [0.717, 1.165) is 13.0 Å². The minimum atomic E-state index is -0.963. The van der Waals surface area contributed by atoms with Gasteiger partial charge >= 0.3 is 5.97 Å². The van der Waals surface area contributed by atoms with Crippen LogP contribution in [0.4, 0.5) is 0 Å². The van der Waals surface area contributed by atoms with Crippen molar-refractivity contribution in [2.45, 2.75) is 32.4 Å². The number of nitrogens with zero attached hydrogens (tertiary/aromatic N) is 3. The largest absolute Gasteiger partial charge is 0.481 e. The van der Waals surface area contributed by atoms with Crippen LogP contribution in [0, 0.1) is 12.8 Å². The molecule has 0 aliphatic carbocycles. The van der Waals surface area contributed by atoms with Gasteiger partial charge in [-0.3, -0.25) is 9.59 Å². The lowest BCUT2D eigenvalue weighted by Gasteiger charge is -2.25. The first kappa shape index (κ1) is 15.3. The second-order valence-electron chi connectivity index (χ2n) is 5.78. The van der Waals surface area contributed by atoms with Crippen LogP contribution >= 0.6 is 0 Å². The number of carboxylic acids is 1. The van der Waals surface area contributed by atoms with Crippen LogP contribution in [-0.2, 0) is 16.1 Å². The highest BCUT2D eigenvalue weighted by Gasteiger charge is 2.45. The Labute approximate surface area is 133 Å². The summed E-state index contributed by atoms with van der Waals surface area (Å²) in [6, 6.07) is 3.02. The van der Waals surface area contributed by atoms with Crippen molar-refractivity contribution in [3.63, 3.8) is 0 Å². The van der Waals surface area contributed by atoms with Gasteiger partial charge in [0, 0.05) is 31.9 Å². The zero-order valence-corrected chi connectivity index (χ0v) is 12.9. The van der Waals surface area contributed by atoms with Crippen LogP contribution < -0.4 is 0 Å². The average molecular weight is 317 g/mol. The molecule has 0 radical (unpaired) electrons. The number of amides is 1. The van der Waals surface area contributed by atoms with E-state index in [1.54, 1.807) is 36.5 Å². The van der Waals surface area contributed by atoms with Crippen LogP contribution in [0.5, 0.6) is 0 Å². The molecule has 0 aromatic carbocycles. The first-order valence-corrected chi connectivity index (χ1v) is 7.60. The number of carbonyl (C=O) groups is 2. The maximum absolute atomic E-state index is 12.3. The van der Waals surface area contributed by atoms with Crippen LogP contribution in [0.1, 0.15) is 30.4 Å². The van der Waals surface area contributed by atoms with Crippen LogP contribution in [0.25, 0.3) is 0 Å². The molecule has 122 valence electrons. The lowest BCUT2D eigenvalue weighted by molar-refractivity contribution is -0.143. The number of rotatable bonds is 6. The van der Waals surface area contributed by atoms with Gasteiger partial charge in [0.05, 0.1) is 12.2 Å². The van der Waals surface area contributed by atoms with Crippen LogP contribution in [0.3, 0.4) is 0 Å². The molecule has 2 aromatic rings. The molecule has 7 heteroatoms. The monoisotopic (exact) mass is 317 g/mol. The third kappa shape index (κ3) is 3.13. The zero-order chi connectivity index (χ0) is 16.4. The first-order chi connectivity index (χ1) is 11.1. The van der Waals surface area contributed by atoms with Crippen molar-refractivity contribution < 1.29 is 19.1 Å². The maximum atomic E-state index is 12.3. The smallest absolute Gasteiger partial charge is 0.309 e. The molecule has 2 atom stereocenters. The molecule has 7 nitrogen and oxygen atoms in total. The fourth-order valence-corrected chi connectivity index (χ4v) is 3.08. The van der Waals surface area contributed by atoms with Gasteiger partial charge in [-0.1, -0.05) is 0 Å². The Balaban J connectivity index is 1.75. The van der Waals surface area contributed by atoms with Gasteiger partial charge in [0.25, 0.3) is 0 Å². The van der Waals surface area contributed by atoms with Crippen molar-refractivity contribution in [1.29, 1.82) is 0 Å². The molecule has 0 unspecified atom stereocenters. The van der Waals surface area contributed by atoms with Crippen LogP contribution in [0.2, 0.25) is 0 Å². The first-order valence-electron chi connectivity index (χ1n) is 7.60. The molecule has 0 spiro atoms. The van der Waals surface area contributed by atoms with Gasteiger partial charge in [0.2, 0.25) is 5.91 Å². The SMILES string of the molecule is Cc1ccc([C@H]2[C@H](C(=O)O)CC(=O)N2CCCn2ccnc2)o1. The highest BCUT2D eigenvalue weighted by Crippen LogP contribution is 2.39. The summed E-state index contributed by atoms with van der Waals surface area (Å²) in [6.07, 6.45) is 6.03. The van der Waals surface area contributed by atoms with Crippen LogP contribution in [0.15, 0.2) is 35.3 Å². The molecule has 3 heterocycles. The van der Waals surface area contributed by atoms with E-state index in [9.17, 15) is 14.7 Å². The Morgan fingerprint density at radius 1 is 1.43 bits per heavy atom. The van der Waals surface area contributed by atoms with E-state index >= 15 is 0 Å². The lowest BCUT2D eigenvalue weighted by Crippen LogP contribution is -2.31. The number of aliphatic carboxylic acids is 1. The van der Waals surface area contributed by atoms with E-state index in [0.29, 0.717) is 18.1 Å². The van der Waals surface area contributed by atoms with Crippen molar-refractivity contribution in [2.75, 3.05) is 6.54 Å². The van der Waals surface area contributed by atoms with Crippen molar-refractivity contribution in [2.24, 2.45) is 5.92 Å². The van der Waals surface area contributed by atoms with Gasteiger partial charge in [-0.25, -0.2) is 4.98 Å². The normalized spacial score (nSPS) is 21.1. The topological polar surface area (TPSA) is 88.6 Å². The van der Waals surface area contributed by atoms with Crippen molar-refractivity contribution >= 4 is 11.9 Å². The number of aromatic nitrogens is 2. The summed E-state index contributed by atoms with van der Waals surface area (Å²) in [5, 5.41) is 9.43. The molecular formula is C16H19N3O4. The third-order valence-corrected chi connectivity index (χ3v) is 4.18.